The van der Waals surface area contributed by atoms with Gasteiger partial charge in [-0.15, -0.1) is 0 Å². The first-order valence-electron chi connectivity index (χ1n) is 4.58. The number of aromatic nitrogens is 2. The molecular weight excluding hydrogens is 202 g/mol. The van der Waals surface area contributed by atoms with E-state index in [0.717, 1.165) is 18.1 Å². The summed E-state index contributed by atoms with van der Waals surface area (Å²) in [7, 11) is 0. The van der Waals surface area contributed by atoms with Gasteiger partial charge in [0.05, 0.1) is 13.2 Å². The highest BCUT2D eigenvalue weighted by atomic mass is 32.1. The van der Waals surface area contributed by atoms with Crippen molar-refractivity contribution >= 4 is 16.7 Å². The molecule has 0 radical (unpaired) electrons. The van der Waals surface area contributed by atoms with Crippen molar-refractivity contribution < 1.29 is 10.2 Å². The van der Waals surface area contributed by atoms with E-state index in [0.29, 0.717) is 13.0 Å². The molecule has 78 valence electrons. The highest BCUT2D eigenvalue weighted by molar-refractivity contribution is 7.09. The van der Waals surface area contributed by atoms with Crippen molar-refractivity contribution in [1.82, 2.24) is 9.36 Å². The predicted octanol–water partition coefficient (Wildman–Crippen LogP) is -0.138. The number of rotatable bonds is 2. The average molecular weight is 215 g/mol. The lowest BCUT2D eigenvalue weighted by atomic mass is 9.94. The number of aliphatic hydroxyl groups is 2. The number of nitrogens with zero attached hydrogens (tertiary/aromatic N) is 3. The third-order valence-corrected chi connectivity index (χ3v) is 3.20. The lowest BCUT2D eigenvalue weighted by Gasteiger charge is -2.37. The van der Waals surface area contributed by atoms with Crippen LogP contribution in [-0.4, -0.2) is 44.9 Å². The SMILES string of the molecule is OCC1(O)CCCN(c2ncns2)C1. The number of piperidine rings is 1. The average Bonchev–Trinajstić information content (AvgIpc) is 2.71. The van der Waals surface area contributed by atoms with E-state index in [9.17, 15) is 5.11 Å². The van der Waals surface area contributed by atoms with Gasteiger partial charge in [0.25, 0.3) is 0 Å². The van der Waals surface area contributed by atoms with Gasteiger partial charge in [0.2, 0.25) is 5.13 Å². The molecule has 1 saturated heterocycles. The van der Waals surface area contributed by atoms with Crippen LogP contribution in [-0.2, 0) is 0 Å². The van der Waals surface area contributed by atoms with Crippen molar-refractivity contribution in [2.75, 3.05) is 24.6 Å². The Labute approximate surface area is 86.2 Å². The molecule has 1 atom stereocenters. The topological polar surface area (TPSA) is 69.5 Å². The molecule has 1 unspecified atom stereocenters. The van der Waals surface area contributed by atoms with E-state index < -0.39 is 5.60 Å². The minimum Gasteiger partial charge on any atom is -0.393 e. The maximum atomic E-state index is 9.91. The molecule has 0 aromatic carbocycles. The Balaban J connectivity index is 2.08. The summed E-state index contributed by atoms with van der Waals surface area (Å²) in [6.07, 6.45) is 3.03. The molecular formula is C8H13N3O2S. The van der Waals surface area contributed by atoms with Crippen LogP contribution in [0.2, 0.25) is 0 Å². The fourth-order valence-corrected chi connectivity index (χ4v) is 2.27. The summed E-state index contributed by atoms with van der Waals surface area (Å²) in [5, 5.41) is 19.8. The zero-order valence-corrected chi connectivity index (χ0v) is 8.57. The molecule has 1 aromatic heterocycles. The molecule has 1 aliphatic heterocycles. The summed E-state index contributed by atoms with van der Waals surface area (Å²) in [6.45, 7) is 1.12. The summed E-state index contributed by atoms with van der Waals surface area (Å²) < 4.78 is 3.92. The molecule has 0 saturated carbocycles. The Morgan fingerprint density at radius 3 is 3.14 bits per heavy atom. The Hall–Kier alpha value is -0.720. The number of hydrogen-bond acceptors (Lipinski definition) is 6. The van der Waals surface area contributed by atoms with Crippen LogP contribution in [0, 0.1) is 0 Å². The first-order valence-corrected chi connectivity index (χ1v) is 5.36. The van der Waals surface area contributed by atoms with Crippen LogP contribution in [0.1, 0.15) is 12.8 Å². The van der Waals surface area contributed by atoms with Crippen molar-refractivity contribution in [2.24, 2.45) is 0 Å². The molecule has 1 aromatic rings. The Morgan fingerprint density at radius 1 is 1.64 bits per heavy atom. The quantitative estimate of drug-likeness (QED) is 0.718. The highest BCUT2D eigenvalue weighted by Gasteiger charge is 2.33. The second-order valence-corrected chi connectivity index (χ2v) is 4.39. The Morgan fingerprint density at radius 2 is 2.50 bits per heavy atom. The molecule has 0 bridgehead atoms. The molecule has 6 heteroatoms. The van der Waals surface area contributed by atoms with Crippen LogP contribution in [0.25, 0.3) is 0 Å². The standard InChI is InChI=1S/C8H13N3O2S/c12-5-8(13)2-1-3-11(4-8)7-9-6-10-14-7/h6,12-13H,1-5H2. The van der Waals surface area contributed by atoms with Crippen molar-refractivity contribution in [1.29, 1.82) is 0 Å². The van der Waals surface area contributed by atoms with Crippen LogP contribution < -0.4 is 4.90 Å². The Kier molecular flexibility index (Phi) is 2.66. The van der Waals surface area contributed by atoms with E-state index in [1.807, 2.05) is 4.90 Å². The highest BCUT2D eigenvalue weighted by Crippen LogP contribution is 2.25. The molecule has 2 N–H and O–H groups in total. The summed E-state index contributed by atoms with van der Waals surface area (Å²) in [6, 6.07) is 0. The summed E-state index contributed by atoms with van der Waals surface area (Å²) in [4.78, 5) is 6.05. The van der Waals surface area contributed by atoms with Crippen molar-refractivity contribution in [2.45, 2.75) is 18.4 Å². The number of β-amino-alcohol motifs (C(OH)–C–C–N with tert-alkyl or cyclic N) is 1. The molecule has 1 fully saturated rings. The van der Waals surface area contributed by atoms with Gasteiger partial charge in [-0.25, -0.2) is 4.98 Å². The van der Waals surface area contributed by atoms with Gasteiger partial charge in [0.1, 0.15) is 11.9 Å². The third kappa shape index (κ3) is 1.87. The summed E-state index contributed by atoms with van der Waals surface area (Å²) >= 11 is 1.31. The zero-order chi connectivity index (χ0) is 10.0. The Bertz CT molecular complexity index is 293. The zero-order valence-electron chi connectivity index (χ0n) is 7.76. The van der Waals surface area contributed by atoms with E-state index in [2.05, 4.69) is 9.36 Å². The molecule has 2 heterocycles. The van der Waals surface area contributed by atoms with Crippen molar-refractivity contribution in [3.05, 3.63) is 6.33 Å². The van der Waals surface area contributed by atoms with Gasteiger partial charge in [-0.1, -0.05) is 0 Å². The number of aliphatic hydroxyl groups excluding tert-OH is 1. The van der Waals surface area contributed by atoms with Gasteiger partial charge in [0.15, 0.2) is 0 Å². The molecule has 1 aliphatic rings. The minimum absolute atomic E-state index is 0.192. The van der Waals surface area contributed by atoms with Crippen LogP contribution in [0.3, 0.4) is 0 Å². The number of anilines is 1. The van der Waals surface area contributed by atoms with Crippen LogP contribution in [0.15, 0.2) is 6.33 Å². The maximum absolute atomic E-state index is 9.91. The third-order valence-electron chi connectivity index (χ3n) is 2.47. The fourth-order valence-electron chi connectivity index (χ4n) is 1.71. The molecule has 0 spiro atoms. The van der Waals surface area contributed by atoms with Gasteiger partial charge in [-0.05, 0) is 12.8 Å². The van der Waals surface area contributed by atoms with Crippen molar-refractivity contribution in [3.63, 3.8) is 0 Å². The van der Waals surface area contributed by atoms with E-state index in [-0.39, 0.29) is 6.61 Å². The fraction of sp³-hybridized carbons (Fsp3) is 0.750. The van der Waals surface area contributed by atoms with Crippen LogP contribution in [0.4, 0.5) is 5.13 Å². The van der Waals surface area contributed by atoms with Crippen LogP contribution >= 0.6 is 11.5 Å². The van der Waals surface area contributed by atoms with E-state index >= 15 is 0 Å². The summed E-state index contributed by atoms with van der Waals surface area (Å²) in [5.41, 5.74) is -0.968. The molecule has 2 rings (SSSR count). The van der Waals surface area contributed by atoms with E-state index in [1.165, 1.54) is 17.9 Å². The first kappa shape index (κ1) is 9.82. The van der Waals surface area contributed by atoms with Gasteiger partial charge in [0, 0.05) is 18.1 Å². The minimum atomic E-state index is -0.968. The smallest absolute Gasteiger partial charge is 0.205 e. The van der Waals surface area contributed by atoms with Gasteiger partial charge in [-0.2, -0.15) is 4.37 Å². The second kappa shape index (κ2) is 3.80. The molecule has 5 nitrogen and oxygen atoms in total. The summed E-state index contributed by atoms with van der Waals surface area (Å²) in [5.74, 6) is 0. The normalized spacial score (nSPS) is 28.0. The van der Waals surface area contributed by atoms with Gasteiger partial charge < -0.3 is 15.1 Å². The predicted molar refractivity (Wildman–Crippen MR) is 53.4 cm³/mol. The monoisotopic (exact) mass is 215 g/mol. The largest absolute Gasteiger partial charge is 0.393 e. The van der Waals surface area contributed by atoms with E-state index in [4.69, 9.17) is 5.11 Å². The molecule has 0 aliphatic carbocycles. The maximum Gasteiger partial charge on any atom is 0.205 e. The molecule has 0 amide bonds. The number of hydrogen-bond donors (Lipinski definition) is 2. The van der Waals surface area contributed by atoms with Gasteiger partial charge in [-0.3, -0.25) is 0 Å². The van der Waals surface area contributed by atoms with E-state index in [1.54, 1.807) is 0 Å². The lowest BCUT2D eigenvalue weighted by molar-refractivity contribution is -0.0241. The second-order valence-electron chi connectivity index (χ2n) is 3.63. The lowest BCUT2D eigenvalue weighted by Crippen LogP contribution is -2.50. The first-order chi connectivity index (χ1) is 6.73. The molecule has 14 heavy (non-hydrogen) atoms. The van der Waals surface area contributed by atoms with Crippen molar-refractivity contribution in [3.8, 4) is 0 Å². The van der Waals surface area contributed by atoms with Gasteiger partial charge >= 0.3 is 0 Å². The van der Waals surface area contributed by atoms with Crippen LogP contribution in [0.5, 0.6) is 0 Å².